The Hall–Kier alpha value is -2.38. The number of hydrogen-bond acceptors (Lipinski definition) is 4. The highest BCUT2D eigenvalue weighted by Gasteiger charge is 2.16. The fourth-order valence-corrected chi connectivity index (χ4v) is 5.25. The number of aromatic nitrogens is 3. The second-order valence-electron chi connectivity index (χ2n) is 7.72. The molecule has 1 fully saturated rings. The predicted molar refractivity (Wildman–Crippen MR) is 125 cm³/mol. The molecule has 156 valence electrons. The van der Waals surface area contributed by atoms with E-state index in [9.17, 15) is 4.79 Å². The number of nitrogens with zero attached hydrogens (tertiary/aromatic N) is 2. The summed E-state index contributed by atoms with van der Waals surface area (Å²) in [5.74, 6) is 0.717. The topological polar surface area (TPSA) is 62.7 Å². The van der Waals surface area contributed by atoms with Gasteiger partial charge in [0.25, 0.3) is 0 Å². The molecule has 1 heterocycles. The normalized spacial score (nSPS) is 14.2. The third-order valence-corrected chi connectivity index (χ3v) is 7.00. The Morgan fingerprint density at radius 2 is 2.00 bits per heavy atom. The average Bonchev–Trinajstić information content (AvgIpc) is 3.37. The third-order valence-electron chi connectivity index (χ3n) is 5.34. The Kier molecular flexibility index (Phi) is 6.69. The van der Waals surface area contributed by atoms with E-state index >= 15 is 0 Å². The molecule has 7 heteroatoms. The van der Waals surface area contributed by atoms with Gasteiger partial charge in [0.05, 0.1) is 0 Å². The molecule has 2 aromatic carbocycles. The van der Waals surface area contributed by atoms with Crippen LogP contribution in [-0.2, 0) is 11.3 Å². The second kappa shape index (κ2) is 9.62. The van der Waals surface area contributed by atoms with Crippen LogP contribution in [0, 0.1) is 11.7 Å². The van der Waals surface area contributed by atoms with Gasteiger partial charge in [0.2, 0.25) is 5.91 Å². The van der Waals surface area contributed by atoms with Crippen molar-refractivity contribution in [3.05, 3.63) is 58.9 Å². The fourth-order valence-electron chi connectivity index (χ4n) is 3.78. The molecule has 0 atom stereocenters. The van der Waals surface area contributed by atoms with Crippen molar-refractivity contribution in [3.8, 4) is 11.4 Å². The first-order valence-corrected chi connectivity index (χ1v) is 11.7. The molecule has 30 heavy (non-hydrogen) atoms. The molecule has 1 aliphatic carbocycles. The summed E-state index contributed by atoms with van der Waals surface area (Å²) in [6.45, 7) is 2.51. The maximum atomic E-state index is 12.5. The van der Waals surface area contributed by atoms with Crippen LogP contribution in [0.1, 0.15) is 37.7 Å². The van der Waals surface area contributed by atoms with Crippen molar-refractivity contribution in [2.24, 2.45) is 0 Å². The van der Waals surface area contributed by atoms with Gasteiger partial charge >= 0.3 is 0 Å². The molecule has 2 N–H and O–H groups in total. The summed E-state index contributed by atoms with van der Waals surface area (Å²) in [5.41, 5.74) is 2.96. The van der Waals surface area contributed by atoms with Gasteiger partial charge in [0.15, 0.2) is 10.6 Å². The summed E-state index contributed by atoms with van der Waals surface area (Å²) in [7, 11) is 0. The molecule has 0 aliphatic heterocycles. The van der Waals surface area contributed by atoms with E-state index in [0.29, 0.717) is 17.7 Å². The number of aryl methyl sites for hydroxylation is 1. The van der Waals surface area contributed by atoms with Crippen LogP contribution in [0.2, 0.25) is 0 Å². The van der Waals surface area contributed by atoms with Crippen molar-refractivity contribution in [1.82, 2.24) is 14.8 Å². The van der Waals surface area contributed by atoms with Crippen molar-refractivity contribution >= 4 is 35.6 Å². The molecule has 0 saturated heterocycles. The number of nitrogens with one attached hydrogen (secondary N) is 2. The van der Waals surface area contributed by atoms with Crippen LogP contribution in [0.15, 0.2) is 53.4 Å². The quantitative estimate of drug-likeness (QED) is 0.446. The van der Waals surface area contributed by atoms with Crippen LogP contribution in [0.4, 0.5) is 5.69 Å². The minimum absolute atomic E-state index is 0.0375. The first-order chi connectivity index (χ1) is 14.6. The van der Waals surface area contributed by atoms with Gasteiger partial charge in [0, 0.05) is 34.4 Å². The van der Waals surface area contributed by atoms with Crippen LogP contribution in [0.25, 0.3) is 11.4 Å². The van der Waals surface area contributed by atoms with Gasteiger partial charge in [-0.2, -0.15) is 5.10 Å². The molecule has 0 spiro atoms. The number of carbonyl (C=O) groups excluding carboxylic acids is 1. The second-order valence-corrected chi connectivity index (χ2v) is 9.48. The van der Waals surface area contributed by atoms with Gasteiger partial charge in [-0.05, 0) is 62.3 Å². The summed E-state index contributed by atoms with van der Waals surface area (Å²) < 4.78 is 2.40. The summed E-state index contributed by atoms with van der Waals surface area (Å²) in [6.07, 6.45) is 5.63. The maximum Gasteiger partial charge on any atom is 0.226 e. The molecular formula is C23H26N4OS2. The minimum Gasteiger partial charge on any atom is -0.326 e. The Morgan fingerprint density at radius 3 is 2.73 bits per heavy atom. The number of H-pyrrole nitrogens is 1. The summed E-state index contributed by atoms with van der Waals surface area (Å²) >= 11 is 7.32. The number of thioether (sulfide) groups is 1. The zero-order valence-corrected chi connectivity index (χ0v) is 18.7. The Morgan fingerprint density at radius 1 is 1.23 bits per heavy atom. The van der Waals surface area contributed by atoms with E-state index in [4.69, 9.17) is 12.2 Å². The van der Waals surface area contributed by atoms with E-state index < -0.39 is 0 Å². The van der Waals surface area contributed by atoms with Crippen molar-refractivity contribution in [1.29, 1.82) is 0 Å². The first kappa shape index (κ1) is 20.9. The molecular weight excluding hydrogens is 412 g/mol. The third kappa shape index (κ3) is 5.21. The van der Waals surface area contributed by atoms with Crippen LogP contribution in [-0.4, -0.2) is 25.9 Å². The number of anilines is 1. The van der Waals surface area contributed by atoms with Crippen molar-refractivity contribution in [2.45, 2.75) is 55.7 Å². The Bertz CT molecular complexity index is 1070. The first-order valence-electron chi connectivity index (χ1n) is 10.4. The van der Waals surface area contributed by atoms with Crippen LogP contribution in [0.5, 0.6) is 0 Å². The number of carbonyl (C=O) groups is 1. The van der Waals surface area contributed by atoms with E-state index in [1.165, 1.54) is 30.6 Å². The number of amides is 1. The van der Waals surface area contributed by atoms with E-state index in [2.05, 4.69) is 33.7 Å². The van der Waals surface area contributed by atoms with Gasteiger partial charge < -0.3 is 5.32 Å². The van der Waals surface area contributed by atoms with Gasteiger partial charge in [-0.25, -0.2) is 0 Å². The molecule has 3 aromatic rings. The predicted octanol–water partition coefficient (Wildman–Crippen LogP) is 5.98. The molecule has 5 nitrogen and oxygen atoms in total. The summed E-state index contributed by atoms with van der Waals surface area (Å²) in [6, 6.07) is 16.3. The number of benzene rings is 2. The summed E-state index contributed by atoms with van der Waals surface area (Å²) in [4.78, 5) is 13.8. The number of hydrogen-bond donors (Lipinski definition) is 2. The summed E-state index contributed by atoms with van der Waals surface area (Å²) in [5, 5.41) is 10.9. The zero-order chi connectivity index (χ0) is 20.9. The molecule has 1 amide bonds. The minimum atomic E-state index is -0.0375. The molecule has 1 saturated carbocycles. The van der Waals surface area contributed by atoms with Gasteiger partial charge in [-0.1, -0.05) is 36.6 Å². The van der Waals surface area contributed by atoms with E-state index in [1.54, 1.807) is 0 Å². The lowest BCUT2D eigenvalue weighted by Gasteiger charge is -2.10. The highest BCUT2D eigenvalue weighted by Crippen LogP contribution is 2.35. The van der Waals surface area contributed by atoms with Crippen LogP contribution >= 0.6 is 24.0 Å². The molecule has 1 aromatic heterocycles. The van der Waals surface area contributed by atoms with E-state index in [1.807, 2.05) is 53.6 Å². The Balaban J connectivity index is 1.35. The van der Waals surface area contributed by atoms with Crippen molar-refractivity contribution in [3.63, 3.8) is 0 Å². The number of aromatic amines is 1. The maximum absolute atomic E-state index is 12.5. The lowest BCUT2D eigenvalue weighted by molar-refractivity contribution is -0.116. The van der Waals surface area contributed by atoms with Crippen molar-refractivity contribution in [2.75, 3.05) is 5.32 Å². The Labute approximate surface area is 186 Å². The highest BCUT2D eigenvalue weighted by molar-refractivity contribution is 8.00. The van der Waals surface area contributed by atoms with Crippen LogP contribution in [0.3, 0.4) is 0 Å². The SMILES string of the molecule is Cc1cccc(-c2n[nH]c(=S)n2CCC(=O)Nc2ccc(SC3CCCC3)cc2)c1. The molecule has 1 aliphatic rings. The smallest absolute Gasteiger partial charge is 0.226 e. The van der Waals surface area contributed by atoms with Crippen molar-refractivity contribution < 1.29 is 4.79 Å². The van der Waals surface area contributed by atoms with Crippen LogP contribution < -0.4 is 5.32 Å². The molecule has 4 rings (SSSR count). The standard InChI is InChI=1S/C23H26N4OS2/c1-16-5-4-6-17(15-16)22-25-26-23(29)27(22)14-13-21(28)24-18-9-11-20(12-10-18)30-19-7-2-3-8-19/h4-6,9-12,15,19H,2-3,7-8,13-14H2,1H3,(H,24,28)(H,26,29). The molecule has 0 radical (unpaired) electrons. The highest BCUT2D eigenvalue weighted by atomic mass is 32.2. The van der Waals surface area contributed by atoms with Gasteiger partial charge in [-0.15, -0.1) is 11.8 Å². The lowest BCUT2D eigenvalue weighted by atomic mass is 10.1. The van der Waals surface area contributed by atoms with E-state index in [-0.39, 0.29) is 5.91 Å². The zero-order valence-electron chi connectivity index (χ0n) is 17.1. The van der Waals surface area contributed by atoms with E-state index in [0.717, 1.165) is 27.9 Å². The van der Waals surface area contributed by atoms with Gasteiger partial charge in [0.1, 0.15) is 0 Å². The molecule has 0 unspecified atom stereocenters. The number of rotatable bonds is 7. The monoisotopic (exact) mass is 438 g/mol. The van der Waals surface area contributed by atoms with Gasteiger partial charge in [-0.3, -0.25) is 14.5 Å². The largest absolute Gasteiger partial charge is 0.326 e. The average molecular weight is 439 g/mol. The fraction of sp³-hybridized carbons (Fsp3) is 0.348. The lowest BCUT2D eigenvalue weighted by Crippen LogP contribution is -2.15. The molecule has 0 bridgehead atoms.